The Labute approximate surface area is 114 Å². The first kappa shape index (κ1) is 13.9. The van der Waals surface area contributed by atoms with E-state index in [0.717, 1.165) is 5.69 Å². The SMILES string of the molecule is CC(C)(C)c1ccc(N2CC(CO)COC2=O)cc1. The molecule has 0 aliphatic carbocycles. The molecule has 1 N–H and O–H groups in total. The quantitative estimate of drug-likeness (QED) is 0.892. The summed E-state index contributed by atoms with van der Waals surface area (Å²) in [6.45, 7) is 7.29. The fourth-order valence-electron chi connectivity index (χ4n) is 2.12. The molecule has 0 radical (unpaired) electrons. The molecule has 4 nitrogen and oxygen atoms in total. The normalized spacial score (nSPS) is 20.3. The zero-order chi connectivity index (χ0) is 14.0. The number of rotatable bonds is 2. The van der Waals surface area contributed by atoms with E-state index in [1.165, 1.54) is 5.56 Å². The first-order valence-corrected chi connectivity index (χ1v) is 6.57. The zero-order valence-corrected chi connectivity index (χ0v) is 11.7. The number of aliphatic hydroxyl groups excluding tert-OH is 1. The summed E-state index contributed by atoms with van der Waals surface area (Å²) < 4.78 is 5.07. The second-order valence-electron chi connectivity index (χ2n) is 6.03. The fourth-order valence-corrected chi connectivity index (χ4v) is 2.12. The Morgan fingerprint density at radius 2 is 1.95 bits per heavy atom. The number of benzene rings is 1. The summed E-state index contributed by atoms with van der Waals surface area (Å²) in [6, 6.07) is 7.93. The van der Waals surface area contributed by atoms with Crippen molar-refractivity contribution in [2.75, 3.05) is 24.7 Å². The summed E-state index contributed by atoms with van der Waals surface area (Å²) >= 11 is 0. The third-order valence-electron chi connectivity index (χ3n) is 3.41. The molecule has 1 aliphatic rings. The van der Waals surface area contributed by atoms with Crippen LogP contribution in [0, 0.1) is 5.92 Å². The Hall–Kier alpha value is -1.55. The third kappa shape index (κ3) is 3.07. The summed E-state index contributed by atoms with van der Waals surface area (Å²) in [5.41, 5.74) is 2.13. The van der Waals surface area contributed by atoms with Gasteiger partial charge in [0.25, 0.3) is 0 Å². The maximum Gasteiger partial charge on any atom is 0.414 e. The van der Waals surface area contributed by atoms with Crippen LogP contribution in [0.5, 0.6) is 0 Å². The van der Waals surface area contributed by atoms with E-state index < -0.39 is 0 Å². The molecule has 1 heterocycles. The molecule has 1 aromatic rings. The van der Waals surface area contributed by atoms with Gasteiger partial charge in [-0.15, -0.1) is 0 Å². The topological polar surface area (TPSA) is 49.8 Å². The lowest BCUT2D eigenvalue weighted by Gasteiger charge is -2.31. The number of ether oxygens (including phenoxy) is 1. The minimum absolute atomic E-state index is 0.0139. The molecular formula is C15H21NO3. The van der Waals surface area contributed by atoms with Crippen LogP contribution in [0.15, 0.2) is 24.3 Å². The summed E-state index contributed by atoms with van der Waals surface area (Å²) in [7, 11) is 0. The van der Waals surface area contributed by atoms with Gasteiger partial charge in [0.05, 0.1) is 13.2 Å². The molecule has 4 heteroatoms. The molecule has 2 rings (SSSR count). The van der Waals surface area contributed by atoms with Crippen LogP contribution >= 0.6 is 0 Å². The van der Waals surface area contributed by atoms with Crippen LogP contribution in [0.2, 0.25) is 0 Å². The molecule has 1 aromatic carbocycles. The Morgan fingerprint density at radius 3 is 2.47 bits per heavy atom. The summed E-state index contributed by atoms with van der Waals surface area (Å²) in [5, 5.41) is 9.17. The van der Waals surface area contributed by atoms with Gasteiger partial charge >= 0.3 is 6.09 Å². The van der Waals surface area contributed by atoms with E-state index >= 15 is 0 Å². The van der Waals surface area contributed by atoms with Crippen LogP contribution in [0.1, 0.15) is 26.3 Å². The molecule has 0 bridgehead atoms. The van der Waals surface area contributed by atoms with Crippen molar-refractivity contribution in [2.24, 2.45) is 5.92 Å². The molecule has 104 valence electrons. The number of carbonyl (C=O) groups is 1. The summed E-state index contributed by atoms with van der Waals surface area (Å²) in [5.74, 6) is -0.0139. The molecule has 0 spiro atoms. The average molecular weight is 263 g/mol. The maximum absolute atomic E-state index is 11.8. The Balaban J connectivity index is 2.19. The molecule has 1 aliphatic heterocycles. The van der Waals surface area contributed by atoms with Crippen molar-refractivity contribution in [2.45, 2.75) is 26.2 Å². The first-order chi connectivity index (χ1) is 8.91. The number of cyclic esters (lactones) is 1. The van der Waals surface area contributed by atoms with Crippen molar-refractivity contribution in [3.63, 3.8) is 0 Å². The van der Waals surface area contributed by atoms with Crippen molar-refractivity contribution < 1.29 is 14.6 Å². The first-order valence-electron chi connectivity index (χ1n) is 6.57. The van der Waals surface area contributed by atoms with Crippen LogP contribution in [0.4, 0.5) is 10.5 Å². The van der Waals surface area contributed by atoms with Gasteiger partial charge < -0.3 is 9.84 Å². The highest BCUT2D eigenvalue weighted by Crippen LogP contribution is 2.26. The molecule has 0 aromatic heterocycles. The zero-order valence-electron chi connectivity index (χ0n) is 11.7. The standard InChI is InChI=1S/C15H21NO3/c1-15(2,3)12-4-6-13(7-5-12)16-8-11(9-17)10-19-14(16)18/h4-7,11,17H,8-10H2,1-3H3. The van der Waals surface area contributed by atoms with Crippen LogP contribution in [-0.4, -0.2) is 31.0 Å². The Bertz CT molecular complexity index is 447. The van der Waals surface area contributed by atoms with Crippen LogP contribution in [-0.2, 0) is 10.2 Å². The lowest BCUT2D eigenvalue weighted by atomic mass is 9.87. The van der Waals surface area contributed by atoms with E-state index in [0.29, 0.717) is 13.2 Å². The van der Waals surface area contributed by atoms with Crippen LogP contribution in [0.3, 0.4) is 0 Å². The maximum atomic E-state index is 11.8. The van der Waals surface area contributed by atoms with Gasteiger partial charge in [0, 0.05) is 18.2 Å². The minimum Gasteiger partial charge on any atom is -0.449 e. The van der Waals surface area contributed by atoms with E-state index in [4.69, 9.17) is 4.74 Å². The predicted molar refractivity (Wildman–Crippen MR) is 74.4 cm³/mol. The van der Waals surface area contributed by atoms with E-state index in [9.17, 15) is 9.90 Å². The van der Waals surface area contributed by atoms with Gasteiger partial charge in [0.15, 0.2) is 0 Å². The second kappa shape index (κ2) is 5.21. The monoisotopic (exact) mass is 263 g/mol. The van der Waals surface area contributed by atoms with Gasteiger partial charge in [0.2, 0.25) is 0 Å². The summed E-state index contributed by atoms with van der Waals surface area (Å²) in [4.78, 5) is 13.3. The molecule has 19 heavy (non-hydrogen) atoms. The van der Waals surface area contributed by atoms with E-state index in [2.05, 4.69) is 20.8 Å². The molecule has 1 atom stereocenters. The average Bonchev–Trinajstić information content (AvgIpc) is 2.38. The summed E-state index contributed by atoms with van der Waals surface area (Å²) in [6.07, 6.45) is -0.340. The number of hydrogen-bond acceptors (Lipinski definition) is 3. The smallest absolute Gasteiger partial charge is 0.414 e. The van der Waals surface area contributed by atoms with Gasteiger partial charge in [0.1, 0.15) is 0 Å². The molecule has 1 unspecified atom stereocenters. The second-order valence-corrected chi connectivity index (χ2v) is 6.03. The Kier molecular flexibility index (Phi) is 3.80. The van der Waals surface area contributed by atoms with Gasteiger partial charge in [-0.2, -0.15) is 0 Å². The number of carbonyl (C=O) groups excluding carboxylic acids is 1. The largest absolute Gasteiger partial charge is 0.449 e. The van der Waals surface area contributed by atoms with E-state index in [-0.39, 0.29) is 24.0 Å². The lowest BCUT2D eigenvalue weighted by molar-refractivity contribution is 0.0900. The number of anilines is 1. The molecule has 0 saturated carbocycles. The van der Waals surface area contributed by atoms with Gasteiger partial charge in [-0.05, 0) is 23.1 Å². The van der Waals surface area contributed by atoms with Crippen molar-refractivity contribution >= 4 is 11.8 Å². The Morgan fingerprint density at radius 1 is 1.32 bits per heavy atom. The van der Waals surface area contributed by atoms with Crippen molar-refractivity contribution in [1.29, 1.82) is 0 Å². The highest BCUT2D eigenvalue weighted by atomic mass is 16.6. The molecule has 1 amide bonds. The van der Waals surface area contributed by atoms with Crippen molar-refractivity contribution in [1.82, 2.24) is 0 Å². The molecule has 1 saturated heterocycles. The number of hydrogen-bond donors (Lipinski definition) is 1. The molecule has 1 fully saturated rings. The fraction of sp³-hybridized carbons (Fsp3) is 0.533. The van der Waals surface area contributed by atoms with E-state index in [1.54, 1.807) is 4.90 Å². The van der Waals surface area contributed by atoms with Gasteiger partial charge in [-0.25, -0.2) is 4.79 Å². The van der Waals surface area contributed by atoms with E-state index in [1.807, 2.05) is 24.3 Å². The van der Waals surface area contributed by atoms with Gasteiger partial charge in [-0.1, -0.05) is 32.9 Å². The predicted octanol–water partition coefficient (Wildman–Crippen LogP) is 2.55. The van der Waals surface area contributed by atoms with Crippen molar-refractivity contribution in [3.8, 4) is 0 Å². The third-order valence-corrected chi connectivity index (χ3v) is 3.41. The highest BCUT2D eigenvalue weighted by Gasteiger charge is 2.28. The van der Waals surface area contributed by atoms with Crippen LogP contribution in [0.25, 0.3) is 0 Å². The highest BCUT2D eigenvalue weighted by molar-refractivity contribution is 5.88. The minimum atomic E-state index is -0.340. The lowest BCUT2D eigenvalue weighted by Crippen LogP contribution is -2.44. The molecular weight excluding hydrogens is 242 g/mol. The number of amides is 1. The van der Waals surface area contributed by atoms with Gasteiger partial charge in [-0.3, -0.25) is 4.90 Å². The van der Waals surface area contributed by atoms with Crippen LogP contribution < -0.4 is 4.90 Å². The number of nitrogens with zero attached hydrogens (tertiary/aromatic N) is 1. The van der Waals surface area contributed by atoms with Crippen molar-refractivity contribution in [3.05, 3.63) is 29.8 Å². The number of aliphatic hydroxyl groups is 1.